The molecule has 7 heteroatoms. The summed E-state index contributed by atoms with van der Waals surface area (Å²) in [7, 11) is 1.61. The molecule has 1 aromatic heterocycles. The summed E-state index contributed by atoms with van der Waals surface area (Å²) in [5.74, 6) is 1.13. The SMILES string of the molecule is COCCNC(=O)CSc1nnc(CCc2ccccc2)n1-c1ccccc1. The number of rotatable bonds is 10. The van der Waals surface area contributed by atoms with Crippen molar-refractivity contribution < 1.29 is 9.53 Å². The van der Waals surface area contributed by atoms with Crippen LogP contribution in [-0.4, -0.2) is 46.7 Å². The molecule has 0 fully saturated rings. The van der Waals surface area contributed by atoms with Gasteiger partial charge in [-0.25, -0.2) is 0 Å². The fourth-order valence-corrected chi connectivity index (χ4v) is 3.57. The lowest BCUT2D eigenvalue weighted by Crippen LogP contribution is -2.28. The number of carbonyl (C=O) groups is 1. The summed E-state index contributed by atoms with van der Waals surface area (Å²) in [6, 6.07) is 20.3. The van der Waals surface area contributed by atoms with E-state index >= 15 is 0 Å². The standard InChI is InChI=1S/C21H24N4O2S/c1-27-15-14-22-20(26)16-28-21-24-23-19(13-12-17-8-4-2-5-9-17)25(21)18-10-6-3-7-11-18/h2-11H,12-16H2,1H3,(H,22,26). The van der Waals surface area contributed by atoms with Gasteiger partial charge >= 0.3 is 0 Å². The van der Waals surface area contributed by atoms with E-state index in [1.807, 2.05) is 53.1 Å². The van der Waals surface area contributed by atoms with Crippen LogP contribution in [0.1, 0.15) is 11.4 Å². The van der Waals surface area contributed by atoms with Crippen LogP contribution in [0, 0.1) is 0 Å². The van der Waals surface area contributed by atoms with Gasteiger partial charge in [0, 0.05) is 25.8 Å². The van der Waals surface area contributed by atoms with Crippen molar-refractivity contribution in [2.45, 2.75) is 18.0 Å². The Hall–Kier alpha value is -2.64. The van der Waals surface area contributed by atoms with Crippen LogP contribution in [0.5, 0.6) is 0 Å². The van der Waals surface area contributed by atoms with E-state index in [1.54, 1.807) is 7.11 Å². The zero-order valence-corrected chi connectivity index (χ0v) is 16.7. The summed E-state index contributed by atoms with van der Waals surface area (Å²) < 4.78 is 6.99. The van der Waals surface area contributed by atoms with Gasteiger partial charge < -0.3 is 10.1 Å². The Bertz CT molecular complexity index is 869. The topological polar surface area (TPSA) is 69.0 Å². The molecule has 0 aliphatic rings. The Morgan fingerprint density at radius 2 is 1.75 bits per heavy atom. The maximum absolute atomic E-state index is 12.0. The van der Waals surface area contributed by atoms with E-state index in [4.69, 9.17) is 4.74 Å². The van der Waals surface area contributed by atoms with Crippen LogP contribution in [-0.2, 0) is 22.4 Å². The van der Waals surface area contributed by atoms with Gasteiger partial charge in [-0.1, -0.05) is 60.3 Å². The first-order chi connectivity index (χ1) is 13.8. The van der Waals surface area contributed by atoms with E-state index in [0.29, 0.717) is 13.2 Å². The minimum Gasteiger partial charge on any atom is -0.383 e. The molecule has 3 rings (SSSR count). The second-order valence-electron chi connectivity index (χ2n) is 6.19. The molecule has 0 aliphatic carbocycles. The number of carbonyl (C=O) groups excluding carboxylic acids is 1. The summed E-state index contributed by atoms with van der Waals surface area (Å²) in [6.45, 7) is 1.00. The Morgan fingerprint density at radius 1 is 1.04 bits per heavy atom. The predicted molar refractivity (Wildman–Crippen MR) is 111 cm³/mol. The van der Waals surface area contributed by atoms with E-state index < -0.39 is 0 Å². The first-order valence-corrected chi connectivity index (χ1v) is 10.2. The number of nitrogens with one attached hydrogen (secondary N) is 1. The van der Waals surface area contributed by atoms with Crippen molar-refractivity contribution in [3.05, 3.63) is 72.1 Å². The molecule has 28 heavy (non-hydrogen) atoms. The Kier molecular flexibility index (Phi) is 7.63. The summed E-state index contributed by atoms with van der Waals surface area (Å²) in [5, 5.41) is 12.3. The second-order valence-corrected chi connectivity index (χ2v) is 7.13. The summed E-state index contributed by atoms with van der Waals surface area (Å²) in [6.07, 6.45) is 1.65. The molecule has 3 aromatic rings. The van der Waals surface area contributed by atoms with Gasteiger partial charge in [-0.2, -0.15) is 0 Å². The molecular formula is C21H24N4O2S. The van der Waals surface area contributed by atoms with E-state index in [-0.39, 0.29) is 11.7 Å². The normalized spacial score (nSPS) is 10.8. The molecule has 0 radical (unpaired) electrons. The minimum absolute atomic E-state index is 0.0458. The van der Waals surface area contributed by atoms with E-state index in [0.717, 1.165) is 29.5 Å². The summed E-state index contributed by atoms with van der Waals surface area (Å²) in [4.78, 5) is 12.0. The van der Waals surface area contributed by atoms with Gasteiger partial charge in [0.2, 0.25) is 5.91 Å². The number of methoxy groups -OCH3 is 1. The molecule has 1 N–H and O–H groups in total. The number of para-hydroxylation sites is 1. The van der Waals surface area contributed by atoms with Crippen molar-refractivity contribution in [2.75, 3.05) is 26.0 Å². The predicted octanol–water partition coefficient (Wildman–Crippen LogP) is 2.91. The van der Waals surface area contributed by atoms with Crippen LogP contribution in [0.15, 0.2) is 65.8 Å². The monoisotopic (exact) mass is 396 g/mol. The third-order valence-electron chi connectivity index (χ3n) is 4.16. The molecule has 0 saturated carbocycles. The molecule has 146 valence electrons. The van der Waals surface area contributed by atoms with Crippen LogP contribution in [0.2, 0.25) is 0 Å². The lowest BCUT2D eigenvalue weighted by atomic mass is 10.1. The zero-order chi connectivity index (χ0) is 19.6. The van der Waals surface area contributed by atoms with Crippen molar-refractivity contribution in [3.8, 4) is 5.69 Å². The molecule has 0 bridgehead atoms. The number of benzene rings is 2. The van der Waals surface area contributed by atoms with Crippen LogP contribution < -0.4 is 5.32 Å². The van der Waals surface area contributed by atoms with Crippen molar-refractivity contribution in [1.82, 2.24) is 20.1 Å². The van der Waals surface area contributed by atoms with Gasteiger partial charge in [0.1, 0.15) is 5.82 Å². The minimum atomic E-state index is -0.0458. The highest BCUT2D eigenvalue weighted by Gasteiger charge is 2.15. The number of amides is 1. The molecular weight excluding hydrogens is 372 g/mol. The molecule has 0 spiro atoms. The third kappa shape index (κ3) is 5.68. The van der Waals surface area contributed by atoms with E-state index in [1.165, 1.54) is 17.3 Å². The largest absolute Gasteiger partial charge is 0.383 e. The second kappa shape index (κ2) is 10.6. The van der Waals surface area contributed by atoms with Crippen molar-refractivity contribution in [3.63, 3.8) is 0 Å². The lowest BCUT2D eigenvalue weighted by molar-refractivity contribution is -0.118. The summed E-state index contributed by atoms with van der Waals surface area (Å²) in [5.41, 5.74) is 2.26. The van der Waals surface area contributed by atoms with Crippen LogP contribution in [0.4, 0.5) is 0 Å². The molecule has 0 atom stereocenters. The molecule has 1 heterocycles. The highest BCUT2D eigenvalue weighted by molar-refractivity contribution is 7.99. The number of aromatic nitrogens is 3. The fraction of sp³-hybridized carbons (Fsp3) is 0.286. The Balaban J connectivity index is 1.73. The smallest absolute Gasteiger partial charge is 0.230 e. The Morgan fingerprint density at radius 3 is 2.46 bits per heavy atom. The van der Waals surface area contributed by atoms with Gasteiger partial charge in [0.05, 0.1) is 12.4 Å². The molecule has 6 nitrogen and oxygen atoms in total. The maximum atomic E-state index is 12.0. The van der Waals surface area contributed by atoms with Crippen LogP contribution in [0.3, 0.4) is 0 Å². The van der Waals surface area contributed by atoms with Crippen LogP contribution >= 0.6 is 11.8 Å². The van der Waals surface area contributed by atoms with E-state index in [2.05, 4.69) is 27.6 Å². The average molecular weight is 397 g/mol. The third-order valence-corrected chi connectivity index (χ3v) is 5.08. The molecule has 0 saturated heterocycles. The van der Waals surface area contributed by atoms with Gasteiger partial charge in [-0.05, 0) is 24.1 Å². The fourth-order valence-electron chi connectivity index (χ4n) is 2.77. The lowest BCUT2D eigenvalue weighted by Gasteiger charge is -2.10. The number of hydrogen-bond donors (Lipinski definition) is 1. The Labute approximate surface area is 169 Å². The number of ether oxygens (including phenoxy) is 1. The zero-order valence-electron chi connectivity index (χ0n) is 15.9. The molecule has 0 unspecified atom stereocenters. The van der Waals surface area contributed by atoms with Crippen molar-refractivity contribution in [2.24, 2.45) is 0 Å². The molecule has 2 aromatic carbocycles. The highest BCUT2D eigenvalue weighted by Crippen LogP contribution is 2.22. The van der Waals surface area contributed by atoms with Gasteiger partial charge in [-0.15, -0.1) is 10.2 Å². The van der Waals surface area contributed by atoms with Crippen molar-refractivity contribution >= 4 is 17.7 Å². The molecule has 1 amide bonds. The van der Waals surface area contributed by atoms with Gasteiger partial charge in [-0.3, -0.25) is 9.36 Å². The molecule has 0 aliphatic heterocycles. The number of thioether (sulfide) groups is 1. The summed E-state index contributed by atoms with van der Waals surface area (Å²) >= 11 is 1.39. The van der Waals surface area contributed by atoms with E-state index in [9.17, 15) is 4.79 Å². The first-order valence-electron chi connectivity index (χ1n) is 9.20. The van der Waals surface area contributed by atoms with Crippen LogP contribution in [0.25, 0.3) is 5.69 Å². The number of nitrogens with zero attached hydrogens (tertiary/aromatic N) is 3. The first kappa shape index (κ1) is 20.1. The quantitative estimate of drug-likeness (QED) is 0.422. The number of hydrogen-bond acceptors (Lipinski definition) is 5. The maximum Gasteiger partial charge on any atom is 0.230 e. The van der Waals surface area contributed by atoms with Crippen molar-refractivity contribution in [1.29, 1.82) is 0 Å². The number of aryl methyl sites for hydroxylation is 2. The van der Waals surface area contributed by atoms with Gasteiger partial charge in [0.15, 0.2) is 5.16 Å². The van der Waals surface area contributed by atoms with Gasteiger partial charge in [0.25, 0.3) is 0 Å². The average Bonchev–Trinajstić information content (AvgIpc) is 3.15. The highest BCUT2D eigenvalue weighted by atomic mass is 32.2.